The number of carbonyl (C=O) groups is 1. The molecule has 1 heterocycles. The molecule has 5 heteroatoms. The Morgan fingerprint density at radius 1 is 1.35 bits per heavy atom. The molecule has 1 aliphatic heterocycles. The largest absolute Gasteiger partial charge is 0.456 e. The molecule has 110 valence electrons. The highest BCUT2D eigenvalue weighted by Gasteiger charge is 2.19. The fourth-order valence-corrected chi connectivity index (χ4v) is 2.47. The zero-order valence-corrected chi connectivity index (χ0v) is 12.5. The predicted octanol–water partition coefficient (Wildman–Crippen LogP) is 0.729. The van der Waals surface area contributed by atoms with Crippen molar-refractivity contribution in [1.82, 2.24) is 0 Å². The molecule has 1 fully saturated rings. The van der Waals surface area contributed by atoms with E-state index in [-0.39, 0.29) is 12.1 Å². The molecule has 4 nitrogen and oxygen atoms in total. The van der Waals surface area contributed by atoms with Gasteiger partial charge in [0.1, 0.15) is 25.7 Å². The molecule has 1 N–H and O–H groups in total. The summed E-state index contributed by atoms with van der Waals surface area (Å²) in [6.45, 7) is 6.34. The second-order valence-electron chi connectivity index (χ2n) is 5.17. The maximum atomic E-state index is 11.9. The molecule has 20 heavy (non-hydrogen) atoms. The quantitative estimate of drug-likeness (QED) is 0.815. The van der Waals surface area contributed by atoms with Crippen molar-refractivity contribution in [3.05, 3.63) is 34.9 Å². The molecular formula is C15H21ClNO3+. The number of nitrogens with one attached hydrogen (secondary N) is 1. The lowest BCUT2D eigenvalue weighted by Crippen LogP contribution is -3.15. The van der Waals surface area contributed by atoms with Crippen molar-refractivity contribution in [3.63, 3.8) is 0 Å². The van der Waals surface area contributed by atoms with Gasteiger partial charge < -0.3 is 14.4 Å². The number of hydrogen-bond acceptors (Lipinski definition) is 3. The maximum absolute atomic E-state index is 11.9. The monoisotopic (exact) mass is 298 g/mol. The van der Waals surface area contributed by atoms with Crippen LogP contribution in [0.1, 0.15) is 12.5 Å². The Labute approximate surface area is 124 Å². The van der Waals surface area contributed by atoms with E-state index in [2.05, 4.69) is 0 Å². The van der Waals surface area contributed by atoms with E-state index in [9.17, 15) is 4.79 Å². The highest BCUT2D eigenvalue weighted by molar-refractivity contribution is 6.30. The Kier molecular flexibility index (Phi) is 5.83. The standard InChI is InChI=1S/C15H20ClNO3/c1-12(11-17-6-8-19-9-7-17)20-15(18)10-13-2-4-14(16)5-3-13/h2-5,12H,6-11H2,1H3/p+1. The van der Waals surface area contributed by atoms with Crippen molar-refractivity contribution in [2.75, 3.05) is 32.8 Å². The molecular weight excluding hydrogens is 278 g/mol. The van der Waals surface area contributed by atoms with Gasteiger partial charge >= 0.3 is 5.97 Å². The Bertz CT molecular complexity index is 429. The van der Waals surface area contributed by atoms with Gasteiger partial charge in [-0.05, 0) is 24.6 Å². The van der Waals surface area contributed by atoms with Crippen molar-refractivity contribution in [2.24, 2.45) is 0 Å². The van der Waals surface area contributed by atoms with Crippen LogP contribution in [-0.4, -0.2) is 44.9 Å². The molecule has 1 aromatic rings. The third-order valence-electron chi connectivity index (χ3n) is 3.37. The maximum Gasteiger partial charge on any atom is 0.310 e. The summed E-state index contributed by atoms with van der Waals surface area (Å²) in [5, 5.41) is 0.673. The normalized spacial score (nSPS) is 17.7. The van der Waals surface area contributed by atoms with Crippen LogP contribution in [-0.2, 0) is 20.7 Å². The number of quaternary nitrogens is 1. The third kappa shape index (κ3) is 5.12. The van der Waals surface area contributed by atoms with Gasteiger partial charge in [-0.1, -0.05) is 23.7 Å². The molecule has 2 rings (SSSR count). The van der Waals surface area contributed by atoms with Crippen LogP contribution in [0.2, 0.25) is 5.02 Å². The Morgan fingerprint density at radius 2 is 2.00 bits per heavy atom. The first-order valence-electron chi connectivity index (χ1n) is 6.99. The Hall–Kier alpha value is -1.10. The lowest BCUT2D eigenvalue weighted by molar-refractivity contribution is -0.910. The zero-order chi connectivity index (χ0) is 14.4. The minimum atomic E-state index is -0.188. The van der Waals surface area contributed by atoms with Gasteiger partial charge in [-0.15, -0.1) is 0 Å². The van der Waals surface area contributed by atoms with Crippen LogP contribution in [0.4, 0.5) is 0 Å². The van der Waals surface area contributed by atoms with E-state index in [4.69, 9.17) is 21.1 Å². The average molecular weight is 299 g/mol. The lowest BCUT2D eigenvalue weighted by atomic mass is 10.1. The van der Waals surface area contributed by atoms with E-state index < -0.39 is 0 Å². The number of benzene rings is 1. The number of rotatable bonds is 5. The van der Waals surface area contributed by atoms with Crippen molar-refractivity contribution in [1.29, 1.82) is 0 Å². The number of halogens is 1. The first-order valence-corrected chi connectivity index (χ1v) is 7.36. The highest BCUT2D eigenvalue weighted by atomic mass is 35.5. The fourth-order valence-electron chi connectivity index (χ4n) is 2.35. The van der Waals surface area contributed by atoms with E-state index >= 15 is 0 Å². The van der Waals surface area contributed by atoms with Crippen molar-refractivity contribution < 1.29 is 19.2 Å². The van der Waals surface area contributed by atoms with Gasteiger partial charge in [0.15, 0.2) is 0 Å². The van der Waals surface area contributed by atoms with Crippen molar-refractivity contribution >= 4 is 17.6 Å². The molecule has 0 spiro atoms. The van der Waals surface area contributed by atoms with Gasteiger partial charge in [0.25, 0.3) is 0 Å². The second-order valence-corrected chi connectivity index (χ2v) is 5.61. The van der Waals surface area contributed by atoms with Crippen LogP contribution in [0.25, 0.3) is 0 Å². The lowest BCUT2D eigenvalue weighted by Gasteiger charge is -2.26. The van der Waals surface area contributed by atoms with Gasteiger partial charge in [0, 0.05) is 5.02 Å². The zero-order valence-electron chi connectivity index (χ0n) is 11.7. The summed E-state index contributed by atoms with van der Waals surface area (Å²) < 4.78 is 10.8. The molecule has 1 aliphatic rings. The molecule has 0 radical (unpaired) electrons. The van der Waals surface area contributed by atoms with E-state index in [0.717, 1.165) is 38.4 Å². The van der Waals surface area contributed by atoms with E-state index in [1.54, 1.807) is 12.1 Å². The van der Waals surface area contributed by atoms with Crippen LogP contribution in [0.15, 0.2) is 24.3 Å². The number of carbonyl (C=O) groups excluding carboxylic acids is 1. The van der Waals surface area contributed by atoms with Gasteiger partial charge in [-0.25, -0.2) is 0 Å². The molecule has 0 aliphatic carbocycles. The predicted molar refractivity (Wildman–Crippen MR) is 77.1 cm³/mol. The van der Waals surface area contributed by atoms with Gasteiger partial charge in [0.2, 0.25) is 0 Å². The molecule has 1 atom stereocenters. The number of esters is 1. The smallest absolute Gasteiger partial charge is 0.310 e. The van der Waals surface area contributed by atoms with Crippen LogP contribution < -0.4 is 4.90 Å². The SMILES string of the molecule is CC(C[NH+]1CCOCC1)OC(=O)Cc1ccc(Cl)cc1. The molecule has 0 aromatic heterocycles. The molecule has 1 aromatic carbocycles. The van der Waals surface area contributed by atoms with E-state index in [0.29, 0.717) is 11.4 Å². The van der Waals surface area contributed by atoms with Gasteiger partial charge in [-0.3, -0.25) is 4.79 Å². The van der Waals surface area contributed by atoms with Crippen LogP contribution >= 0.6 is 11.6 Å². The first-order chi connectivity index (χ1) is 9.63. The molecule has 0 amide bonds. The number of hydrogen-bond donors (Lipinski definition) is 1. The van der Waals surface area contributed by atoms with E-state index in [1.165, 1.54) is 4.90 Å². The summed E-state index contributed by atoms with van der Waals surface area (Å²) in [4.78, 5) is 13.3. The van der Waals surface area contributed by atoms with Crippen LogP contribution in [0.3, 0.4) is 0 Å². The molecule has 1 unspecified atom stereocenters. The first kappa shape index (κ1) is 15.3. The number of morpholine rings is 1. The Morgan fingerprint density at radius 3 is 2.65 bits per heavy atom. The van der Waals surface area contributed by atoms with Gasteiger partial charge in [0.05, 0.1) is 19.6 Å². The summed E-state index contributed by atoms with van der Waals surface area (Å²) in [5.41, 5.74) is 0.922. The third-order valence-corrected chi connectivity index (χ3v) is 3.62. The second kappa shape index (κ2) is 7.62. The summed E-state index contributed by atoms with van der Waals surface area (Å²) in [7, 11) is 0. The average Bonchev–Trinajstić information content (AvgIpc) is 2.42. The highest BCUT2D eigenvalue weighted by Crippen LogP contribution is 2.10. The summed E-state index contributed by atoms with van der Waals surface area (Å²) in [5.74, 6) is -0.188. The Balaban J connectivity index is 1.74. The van der Waals surface area contributed by atoms with E-state index in [1.807, 2.05) is 19.1 Å². The summed E-state index contributed by atoms with van der Waals surface area (Å²) in [6, 6.07) is 7.26. The molecule has 0 bridgehead atoms. The minimum absolute atomic E-state index is 0.0668. The van der Waals surface area contributed by atoms with Crippen LogP contribution in [0, 0.1) is 0 Å². The van der Waals surface area contributed by atoms with Gasteiger partial charge in [-0.2, -0.15) is 0 Å². The molecule has 0 saturated carbocycles. The number of ether oxygens (including phenoxy) is 2. The fraction of sp³-hybridized carbons (Fsp3) is 0.533. The minimum Gasteiger partial charge on any atom is -0.456 e. The summed E-state index contributed by atoms with van der Waals surface area (Å²) in [6.07, 6.45) is 0.225. The molecule has 1 saturated heterocycles. The summed E-state index contributed by atoms with van der Waals surface area (Å²) >= 11 is 5.81. The van der Waals surface area contributed by atoms with Crippen molar-refractivity contribution in [3.8, 4) is 0 Å². The van der Waals surface area contributed by atoms with Crippen LogP contribution in [0.5, 0.6) is 0 Å². The van der Waals surface area contributed by atoms with Crippen molar-refractivity contribution in [2.45, 2.75) is 19.4 Å². The topological polar surface area (TPSA) is 40.0 Å².